The first-order valence-electron chi connectivity index (χ1n) is 7.45. The lowest BCUT2D eigenvalue weighted by Gasteiger charge is -2.24. The minimum Gasteiger partial charge on any atom is -0.239 e. The molecule has 110 valence electrons. The van der Waals surface area contributed by atoms with Gasteiger partial charge in [0.25, 0.3) is 0 Å². The second-order valence-corrected chi connectivity index (χ2v) is 7.33. The Labute approximate surface area is 142 Å². The second-order valence-electron chi connectivity index (χ2n) is 5.71. The van der Waals surface area contributed by atoms with Crippen LogP contribution in [0.15, 0.2) is 33.5 Å². The number of aromatic nitrogens is 2. The highest BCUT2D eigenvalue weighted by molar-refractivity contribution is 9.10. The first-order chi connectivity index (χ1) is 10.1. The summed E-state index contributed by atoms with van der Waals surface area (Å²) in [5.41, 5.74) is 4.55. The van der Waals surface area contributed by atoms with Crippen molar-refractivity contribution in [3.8, 4) is 11.4 Å². The van der Waals surface area contributed by atoms with Crippen molar-refractivity contribution in [2.75, 3.05) is 0 Å². The Morgan fingerprint density at radius 2 is 1.48 bits per heavy atom. The van der Waals surface area contributed by atoms with Crippen LogP contribution in [-0.2, 0) is 0 Å². The van der Waals surface area contributed by atoms with E-state index in [0.717, 1.165) is 20.6 Å². The van der Waals surface area contributed by atoms with E-state index in [9.17, 15) is 0 Å². The number of aryl methyl sites for hydroxylation is 1. The van der Waals surface area contributed by atoms with Crippen molar-refractivity contribution < 1.29 is 0 Å². The standard InChI is InChI=1S/C17H18Br2N2/c1-11-7-9-14(18)20-16(11)17-13(8-10-15(19)21-17)12-5-3-2-4-6-12/h7-10,12H,2-6H2,1H3. The van der Waals surface area contributed by atoms with Crippen molar-refractivity contribution >= 4 is 31.9 Å². The van der Waals surface area contributed by atoms with Crippen LogP contribution >= 0.6 is 31.9 Å². The van der Waals surface area contributed by atoms with Crippen molar-refractivity contribution in [1.29, 1.82) is 0 Å². The van der Waals surface area contributed by atoms with E-state index in [1.165, 1.54) is 43.2 Å². The summed E-state index contributed by atoms with van der Waals surface area (Å²) in [6.45, 7) is 2.10. The molecule has 4 heteroatoms. The summed E-state index contributed by atoms with van der Waals surface area (Å²) in [6.07, 6.45) is 6.55. The summed E-state index contributed by atoms with van der Waals surface area (Å²) in [4.78, 5) is 9.43. The highest BCUT2D eigenvalue weighted by atomic mass is 79.9. The molecule has 0 atom stereocenters. The molecule has 0 amide bonds. The minimum atomic E-state index is 0.620. The predicted octanol–water partition coefficient (Wildman–Crippen LogP) is 6.02. The zero-order valence-electron chi connectivity index (χ0n) is 12.1. The van der Waals surface area contributed by atoms with Gasteiger partial charge in [-0.1, -0.05) is 31.4 Å². The zero-order valence-corrected chi connectivity index (χ0v) is 15.2. The molecule has 2 heterocycles. The van der Waals surface area contributed by atoms with E-state index in [1.54, 1.807) is 0 Å². The third kappa shape index (κ3) is 3.37. The van der Waals surface area contributed by atoms with Crippen molar-refractivity contribution in [2.45, 2.75) is 44.9 Å². The first-order valence-corrected chi connectivity index (χ1v) is 9.03. The molecular formula is C17H18Br2N2. The van der Waals surface area contributed by atoms with Gasteiger partial charge in [0.2, 0.25) is 0 Å². The van der Waals surface area contributed by atoms with Gasteiger partial charge in [0.05, 0.1) is 11.4 Å². The van der Waals surface area contributed by atoms with Gasteiger partial charge < -0.3 is 0 Å². The van der Waals surface area contributed by atoms with E-state index in [2.05, 4.69) is 62.0 Å². The van der Waals surface area contributed by atoms with E-state index < -0.39 is 0 Å². The Morgan fingerprint density at radius 3 is 2.19 bits per heavy atom. The fourth-order valence-electron chi connectivity index (χ4n) is 3.12. The average Bonchev–Trinajstić information content (AvgIpc) is 2.50. The SMILES string of the molecule is Cc1ccc(Br)nc1-c1nc(Br)ccc1C1CCCCC1. The molecule has 0 aliphatic heterocycles. The smallest absolute Gasteiger partial charge is 0.106 e. The first kappa shape index (κ1) is 15.2. The van der Waals surface area contributed by atoms with Crippen LogP contribution in [-0.4, -0.2) is 9.97 Å². The maximum Gasteiger partial charge on any atom is 0.106 e. The lowest BCUT2D eigenvalue weighted by atomic mass is 9.82. The molecule has 2 aromatic heterocycles. The molecule has 0 radical (unpaired) electrons. The maximum absolute atomic E-state index is 4.75. The lowest BCUT2D eigenvalue weighted by Crippen LogP contribution is -2.08. The monoisotopic (exact) mass is 408 g/mol. The zero-order chi connectivity index (χ0) is 14.8. The molecule has 0 bridgehead atoms. The van der Waals surface area contributed by atoms with Crippen LogP contribution < -0.4 is 0 Å². The Balaban J connectivity index is 2.11. The van der Waals surface area contributed by atoms with E-state index in [4.69, 9.17) is 4.98 Å². The topological polar surface area (TPSA) is 25.8 Å². The van der Waals surface area contributed by atoms with Crippen molar-refractivity contribution in [3.63, 3.8) is 0 Å². The quantitative estimate of drug-likeness (QED) is 0.566. The molecule has 0 N–H and O–H groups in total. The Hall–Kier alpha value is -0.740. The molecule has 0 unspecified atom stereocenters. The number of rotatable bonds is 2. The summed E-state index contributed by atoms with van der Waals surface area (Å²) in [6, 6.07) is 8.36. The van der Waals surface area contributed by atoms with Crippen molar-refractivity contribution in [2.24, 2.45) is 0 Å². The molecule has 1 fully saturated rings. The second kappa shape index (κ2) is 6.57. The average molecular weight is 410 g/mol. The van der Waals surface area contributed by atoms with E-state index >= 15 is 0 Å². The van der Waals surface area contributed by atoms with Gasteiger partial charge in [-0.15, -0.1) is 0 Å². The molecular weight excluding hydrogens is 392 g/mol. The van der Waals surface area contributed by atoms with Gasteiger partial charge in [-0.2, -0.15) is 0 Å². The molecule has 0 aromatic carbocycles. The summed E-state index contributed by atoms with van der Waals surface area (Å²) < 4.78 is 1.73. The van der Waals surface area contributed by atoms with E-state index in [-0.39, 0.29) is 0 Å². The van der Waals surface area contributed by atoms with Crippen LogP contribution in [0.2, 0.25) is 0 Å². The highest BCUT2D eigenvalue weighted by Crippen LogP contribution is 2.38. The van der Waals surface area contributed by atoms with Gasteiger partial charge in [-0.05, 0) is 80.8 Å². The van der Waals surface area contributed by atoms with Gasteiger partial charge in [-0.3, -0.25) is 0 Å². The third-order valence-electron chi connectivity index (χ3n) is 4.22. The predicted molar refractivity (Wildman–Crippen MR) is 93.4 cm³/mol. The third-order valence-corrected chi connectivity index (χ3v) is 5.11. The Bertz CT molecular complexity index is 649. The van der Waals surface area contributed by atoms with Gasteiger partial charge in [0.15, 0.2) is 0 Å². The van der Waals surface area contributed by atoms with Crippen molar-refractivity contribution in [1.82, 2.24) is 9.97 Å². The Kier molecular flexibility index (Phi) is 4.75. The number of halogens is 2. The molecule has 1 aliphatic rings. The number of hydrogen-bond acceptors (Lipinski definition) is 2. The van der Waals surface area contributed by atoms with Gasteiger partial charge in [0, 0.05) is 0 Å². The van der Waals surface area contributed by atoms with Gasteiger partial charge in [-0.25, -0.2) is 9.97 Å². The molecule has 0 spiro atoms. The molecule has 21 heavy (non-hydrogen) atoms. The van der Waals surface area contributed by atoms with E-state index in [0.29, 0.717) is 5.92 Å². The summed E-state index contributed by atoms with van der Waals surface area (Å²) in [7, 11) is 0. The van der Waals surface area contributed by atoms with Crippen LogP contribution in [0.4, 0.5) is 0 Å². The van der Waals surface area contributed by atoms with E-state index in [1.807, 2.05) is 6.07 Å². The summed E-state index contributed by atoms with van der Waals surface area (Å²) in [5, 5.41) is 0. The van der Waals surface area contributed by atoms with Crippen molar-refractivity contribution in [3.05, 3.63) is 44.6 Å². The fraction of sp³-hybridized carbons (Fsp3) is 0.412. The molecule has 1 aliphatic carbocycles. The normalized spacial score (nSPS) is 16.1. The van der Waals surface area contributed by atoms with Crippen LogP contribution in [0.25, 0.3) is 11.4 Å². The number of nitrogens with zero attached hydrogens (tertiary/aromatic N) is 2. The fourth-order valence-corrected chi connectivity index (χ4v) is 3.74. The van der Waals surface area contributed by atoms with Crippen LogP contribution in [0, 0.1) is 6.92 Å². The van der Waals surface area contributed by atoms with Crippen LogP contribution in [0.3, 0.4) is 0 Å². The molecule has 2 nitrogen and oxygen atoms in total. The van der Waals surface area contributed by atoms with Gasteiger partial charge >= 0.3 is 0 Å². The largest absolute Gasteiger partial charge is 0.239 e. The summed E-state index contributed by atoms with van der Waals surface area (Å²) >= 11 is 6.99. The maximum atomic E-state index is 4.75. The van der Waals surface area contributed by atoms with Crippen LogP contribution in [0.5, 0.6) is 0 Å². The van der Waals surface area contributed by atoms with Crippen LogP contribution in [0.1, 0.15) is 49.1 Å². The molecule has 2 aromatic rings. The Morgan fingerprint density at radius 1 is 0.857 bits per heavy atom. The highest BCUT2D eigenvalue weighted by Gasteiger charge is 2.21. The number of hydrogen-bond donors (Lipinski definition) is 0. The minimum absolute atomic E-state index is 0.620. The molecule has 0 saturated heterocycles. The molecule has 3 rings (SSSR count). The lowest BCUT2D eigenvalue weighted by molar-refractivity contribution is 0.443. The molecule has 1 saturated carbocycles. The summed E-state index contributed by atoms with van der Waals surface area (Å²) in [5.74, 6) is 0.620. The number of pyridine rings is 2. The van der Waals surface area contributed by atoms with Gasteiger partial charge in [0.1, 0.15) is 9.21 Å².